The molecule has 0 bridgehead atoms. The van der Waals surface area contributed by atoms with Gasteiger partial charge in [0.1, 0.15) is 0 Å². The van der Waals surface area contributed by atoms with Gasteiger partial charge in [-0.25, -0.2) is 9.97 Å². The van der Waals surface area contributed by atoms with Crippen LogP contribution in [-0.4, -0.2) is 9.97 Å². The molecule has 0 amide bonds. The monoisotopic (exact) mass is 716 g/mol. The number of aromatic nitrogens is 2. The third-order valence-corrected chi connectivity index (χ3v) is 11.7. The van der Waals surface area contributed by atoms with Crippen LogP contribution in [0.1, 0.15) is 27.8 Å². The second-order valence-corrected chi connectivity index (χ2v) is 14.6. The minimum absolute atomic E-state index is 0.434. The van der Waals surface area contributed by atoms with Crippen molar-refractivity contribution in [2.75, 3.05) is 4.90 Å². The standard InChI is InChI=1S/C52H36N4/c53-33-34-22-26-37(27-23-34)56(38-28-24-36(25-29-38)51-50(35-12-2-1-3-13-35)54-48-20-10-11-21-49(48)55-51)39-30-31-43-42-16-6-9-19-46(42)52(47(43)32-39)44-17-7-4-14-40(44)41-15-5-8-18-45(41)52/h1-32H,33,53H2. The highest BCUT2D eigenvalue weighted by Gasteiger charge is 2.51. The van der Waals surface area contributed by atoms with E-state index >= 15 is 0 Å². The summed E-state index contributed by atoms with van der Waals surface area (Å²) in [6.45, 7) is 0.490. The molecule has 2 N–H and O–H groups in total. The summed E-state index contributed by atoms with van der Waals surface area (Å²) >= 11 is 0. The van der Waals surface area contributed by atoms with Crippen LogP contribution in [0.4, 0.5) is 17.1 Å². The lowest BCUT2D eigenvalue weighted by atomic mass is 9.70. The van der Waals surface area contributed by atoms with Gasteiger partial charge in [-0.05, 0) is 98.6 Å². The molecule has 0 saturated carbocycles. The van der Waals surface area contributed by atoms with Crippen molar-refractivity contribution in [3.05, 3.63) is 222 Å². The lowest BCUT2D eigenvalue weighted by molar-refractivity contribution is 0.793. The van der Waals surface area contributed by atoms with Crippen LogP contribution in [0.3, 0.4) is 0 Å². The zero-order valence-corrected chi connectivity index (χ0v) is 30.6. The van der Waals surface area contributed by atoms with E-state index in [4.69, 9.17) is 15.7 Å². The van der Waals surface area contributed by atoms with Gasteiger partial charge in [-0.3, -0.25) is 0 Å². The van der Waals surface area contributed by atoms with Crippen molar-refractivity contribution < 1.29 is 0 Å². The molecule has 11 rings (SSSR count). The summed E-state index contributed by atoms with van der Waals surface area (Å²) in [6, 6.07) is 69.7. The van der Waals surface area contributed by atoms with Crippen LogP contribution in [-0.2, 0) is 12.0 Å². The van der Waals surface area contributed by atoms with Gasteiger partial charge >= 0.3 is 0 Å². The van der Waals surface area contributed by atoms with Crippen molar-refractivity contribution in [3.8, 4) is 44.8 Å². The molecule has 1 heterocycles. The number of fused-ring (bicyclic) bond motifs is 11. The van der Waals surface area contributed by atoms with Crippen LogP contribution in [0.15, 0.2) is 194 Å². The number of anilines is 3. The van der Waals surface area contributed by atoms with Crippen molar-refractivity contribution in [2.24, 2.45) is 5.73 Å². The van der Waals surface area contributed by atoms with Gasteiger partial charge in [0, 0.05) is 34.7 Å². The highest BCUT2D eigenvalue weighted by atomic mass is 15.1. The Morgan fingerprint density at radius 1 is 0.393 bits per heavy atom. The fourth-order valence-corrected chi connectivity index (χ4v) is 9.22. The van der Waals surface area contributed by atoms with Crippen molar-refractivity contribution in [3.63, 3.8) is 0 Å². The molecular formula is C52H36N4. The molecule has 0 atom stereocenters. The Morgan fingerprint density at radius 2 is 0.821 bits per heavy atom. The molecule has 56 heavy (non-hydrogen) atoms. The molecule has 8 aromatic carbocycles. The topological polar surface area (TPSA) is 55.0 Å². The Labute approximate surface area is 326 Å². The Bertz CT molecular complexity index is 2890. The summed E-state index contributed by atoms with van der Waals surface area (Å²) < 4.78 is 0. The predicted octanol–water partition coefficient (Wildman–Crippen LogP) is 12.2. The van der Waals surface area contributed by atoms with Crippen LogP contribution in [0.5, 0.6) is 0 Å². The van der Waals surface area contributed by atoms with Gasteiger partial charge in [0.25, 0.3) is 0 Å². The largest absolute Gasteiger partial charge is 0.326 e. The molecule has 0 unspecified atom stereocenters. The Balaban J connectivity index is 1.10. The van der Waals surface area contributed by atoms with E-state index in [0.717, 1.165) is 56.2 Å². The number of hydrogen-bond donors (Lipinski definition) is 1. The molecule has 0 aliphatic heterocycles. The summed E-state index contributed by atoms with van der Waals surface area (Å²) in [7, 11) is 0. The third kappa shape index (κ3) is 4.76. The first-order valence-electron chi connectivity index (χ1n) is 19.2. The van der Waals surface area contributed by atoms with Crippen molar-refractivity contribution in [1.82, 2.24) is 9.97 Å². The molecule has 4 heteroatoms. The first kappa shape index (κ1) is 32.3. The zero-order chi connectivity index (χ0) is 37.2. The number of rotatable bonds is 6. The molecule has 2 aliphatic carbocycles. The number of benzene rings is 8. The fraction of sp³-hybridized carbons (Fsp3) is 0.0385. The molecule has 1 spiro atoms. The minimum Gasteiger partial charge on any atom is -0.326 e. The number of para-hydroxylation sites is 2. The molecule has 1 aromatic heterocycles. The lowest BCUT2D eigenvalue weighted by Gasteiger charge is -2.32. The Hall–Kier alpha value is -7.14. The minimum atomic E-state index is -0.434. The first-order chi connectivity index (χ1) is 27.7. The zero-order valence-electron chi connectivity index (χ0n) is 30.6. The van der Waals surface area contributed by atoms with E-state index in [1.165, 1.54) is 44.5 Å². The second-order valence-electron chi connectivity index (χ2n) is 14.6. The predicted molar refractivity (Wildman–Crippen MR) is 229 cm³/mol. The maximum Gasteiger partial charge on any atom is 0.0973 e. The quantitative estimate of drug-likeness (QED) is 0.186. The Kier molecular flexibility index (Phi) is 7.34. The summed E-state index contributed by atoms with van der Waals surface area (Å²) in [5.74, 6) is 0. The van der Waals surface area contributed by atoms with E-state index in [1.807, 2.05) is 30.3 Å². The first-order valence-corrected chi connectivity index (χ1v) is 19.2. The van der Waals surface area contributed by atoms with Gasteiger partial charge in [-0.15, -0.1) is 0 Å². The SMILES string of the molecule is NCc1ccc(N(c2ccc(-c3nc4ccccc4nc3-c3ccccc3)cc2)c2ccc3c(c2)C2(c4ccccc4-c4ccccc42)c2ccccc2-3)cc1. The van der Waals surface area contributed by atoms with E-state index in [2.05, 4.69) is 169 Å². The van der Waals surface area contributed by atoms with Gasteiger partial charge in [-0.1, -0.05) is 146 Å². The van der Waals surface area contributed by atoms with E-state index in [-0.39, 0.29) is 0 Å². The Morgan fingerprint density at radius 3 is 1.36 bits per heavy atom. The summed E-state index contributed by atoms with van der Waals surface area (Å²) in [5.41, 5.74) is 25.9. The van der Waals surface area contributed by atoms with Crippen LogP contribution in [0, 0.1) is 0 Å². The van der Waals surface area contributed by atoms with Crippen LogP contribution >= 0.6 is 0 Å². The van der Waals surface area contributed by atoms with E-state index < -0.39 is 5.41 Å². The van der Waals surface area contributed by atoms with Crippen molar-refractivity contribution >= 4 is 28.1 Å². The van der Waals surface area contributed by atoms with Gasteiger partial charge in [0.2, 0.25) is 0 Å². The van der Waals surface area contributed by atoms with Crippen molar-refractivity contribution in [1.29, 1.82) is 0 Å². The number of hydrogen-bond acceptors (Lipinski definition) is 4. The highest BCUT2D eigenvalue weighted by molar-refractivity contribution is 5.96. The van der Waals surface area contributed by atoms with Crippen LogP contribution < -0.4 is 10.6 Å². The normalized spacial score (nSPS) is 12.9. The number of nitrogens with two attached hydrogens (primary N) is 1. The van der Waals surface area contributed by atoms with E-state index in [0.29, 0.717) is 6.54 Å². The van der Waals surface area contributed by atoms with Gasteiger partial charge in [0.05, 0.1) is 27.8 Å². The second kappa shape index (κ2) is 12.7. The van der Waals surface area contributed by atoms with E-state index in [1.54, 1.807) is 0 Å². The summed E-state index contributed by atoms with van der Waals surface area (Å²) in [5, 5.41) is 0. The molecule has 264 valence electrons. The van der Waals surface area contributed by atoms with Crippen LogP contribution in [0.25, 0.3) is 55.8 Å². The molecular weight excluding hydrogens is 681 g/mol. The molecule has 2 aliphatic rings. The maximum atomic E-state index is 6.08. The molecule has 0 saturated heterocycles. The molecule has 4 nitrogen and oxygen atoms in total. The average Bonchev–Trinajstić information content (AvgIpc) is 3.74. The third-order valence-electron chi connectivity index (χ3n) is 11.7. The van der Waals surface area contributed by atoms with Crippen LogP contribution in [0.2, 0.25) is 0 Å². The molecule has 0 radical (unpaired) electrons. The van der Waals surface area contributed by atoms with Gasteiger partial charge < -0.3 is 10.6 Å². The van der Waals surface area contributed by atoms with Gasteiger partial charge in [0.15, 0.2) is 0 Å². The molecule has 0 fully saturated rings. The van der Waals surface area contributed by atoms with Gasteiger partial charge in [-0.2, -0.15) is 0 Å². The van der Waals surface area contributed by atoms with Crippen molar-refractivity contribution in [2.45, 2.75) is 12.0 Å². The highest BCUT2D eigenvalue weighted by Crippen LogP contribution is 2.63. The fourth-order valence-electron chi connectivity index (χ4n) is 9.22. The van der Waals surface area contributed by atoms with E-state index in [9.17, 15) is 0 Å². The number of nitrogens with zero attached hydrogens (tertiary/aromatic N) is 3. The smallest absolute Gasteiger partial charge is 0.0973 e. The average molecular weight is 717 g/mol. The summed E-state index contributed by atoms with van der Waals surface area (Å²) in [6.07, 6.45) is 0. The lowest BCUT2D eigenvalue weighted by Crippen LogP contribution is -2.26. The molecule has 9 aromatic rings. The summed E-state index contributed by atoms with van der Waals surface area (Å²) in [4.78, 5) is 12.7. The maximum absolute atomic E-state index is 6.08.